The molecule has 35 heavy (non-hydrogen) atoms. The summed E-state index contributed by atoms with van der Waals surface area (Å²) in [4.78, 5) is 41.9. The van der Waals surface area contributed by atoms with Crippen LogP contribution in [-0.4, -0.2) is 66.9 Å². The molecule has 0 bridgehead atoms. The van der Waals surface area contributed by atoms with Gasteiger partial charge in [-0.2, -0.15) is 0 Å². The molecule has 0 aromatic heterocycles. The van der Waals surface area contributed by atoms with Crippen LogP contribution in [0.1, 0.15) is 36.9 Å². The number of carbonyl (C=O) groups is 3. The maximum atomic E-state index is 13.2. The zero-order valence-electron chi connectivity index (χ0n) is 19.8. The van der Waals surface area contributed by atoms with E-state index in [0.29, 0.717) is 67.9 Å². The highest BCUT2D eigenvalue weighted by molar-refractivity contribution is 6.31. The van der Waals surface area contributed by atoms with Gasteiger partial charge in [0.25, 0.3) is 0 Å². The third-order valence-electron chi connectivity index (χ3n) is 6.28. The van der Waals surface area contributed by atoms with Crippen LogP contribution in [0.2, 0.25) is 5.02 Å². The van der Waals surface area contributed by atoms with Crippen LogP contribution in [0, 0.1) is 0 Å². The third-order valence-corrected chi connectivity index (χ3v) is 6.63. The summed E-state index contributed by atoms with van der Waals surface area (Å²) in [6.45, 7) is 4.04. The molecule has 1 unspecified atom stereocenters. The molecule has 1 saturated heterocycles. The molecule has 0 aliphatic carbocycles. The number of hydrogen-bond acceptors (Lipinski definition) is 5. The summed E-state index contributed by atoms with van der Waals surface area (Å²) in [7, 11) is 0. The number of carbonyl (C=O) groups excluding carboxylic acids is 3. The van der Waals surface area contributed by atoms with E-state index in [1.807, 2.05) is 30.3 Å². The lowest BCUT2D eigenvalue weighted by Gasteiger charge is -2.31. The van der Waals surface area contributed by atoms with E-state index < -0.39 is 0 Å². The molecule has 2 aliphatic heterocycles. The molecule has 0 saturated carbocycles. The number of amides is 3. The van der Waals surface area contributed by atoms with Gasteiger partial charge in [-0.15, -0.1) is 0 Å². The molecule has 2 aromatic carbocycles. The molecule has 9 heteroatoms. The van der Waals surface area contributed by atoms with Gasteiger partial charge < -0.3 is 24.6 Å². The number of ether oxygens (including phenoxy) is 2. The van der Waals surface area contributed by atoms with E-state index in [1.54, 1.807) is 21.9 Å². The van der Waals surface area contributed by atoms with Gasteiger partial charge in [-0.25, -0.2) is 0 Å². The number of rotatable bonds is 3. The van der Waals surface area contributed by atoms with Crippen molar-refractivity contribution in [3.05, 3.63) is 58.6 Å². The van der Waals surface area contributed by atoms with Gasteiger partial charge in [0.1, 0.15) is 13.2 Å². The first-order valence-corrected chi connectivity index (χ1v) is 12.2. The fourth-order valence-electron chi connectivity index (χ4n) is 4.50. The lowest BCUT2D eigenvalue weighted by Crippen LogP contribution is -2.40. The number of benzene rings is 2. The normalized spacial score (nSPS) is 18.9. The summed E-state index contributed by atoms with van der Waals surface area (Å²) in [5, 5.41) is 3.35. The predicted octanol–water partition coefficient (Wildman–Crippen LogP) is 2.98. The van der Waals surface area contributed by atoms with E-state index in [0.717, 1.165) is 5.56 Å². The molecule has 0 spiro atoms. The minimum atomic E-state index is -0.354. The molecule has 0 radical (unpaired) electrons. The smallest absolute Gasteiger partial charge is 0.227 e. The van der Waals surface area contributed by atoms with Crippen molar-refractivity contribution in [3.63, 3.8) is 0 Å². The van der Waals surface area contributed by atoms with Crippen LogP contribution < -0.4 is 14.8 Å². The van der Waals surface area contributed by atoms with Crippen LogP contribution in [0.15, 0.2) is 42.5 Å². The number of hydrogen-bond donors (Lipinski definition) is 1. The van der Waals surface area contributed by atoms with Crippen LogP contribution in [0.25, 0.3) is 0 Å². The van der Waals surface area contributed by atoms with Gasteiger partial charge in [0, 0.05) is 44.2 Å². The molecule has 1 N–H and O–H groups in total. The molecule has 1 atom stereocenters. The second kappa shape index (κ2) is 11.4. The van der Waals surface area contributed by atoms with E-state index >= 15 is 0 Å². The van der Waals surface area contributed by atoms with Crippen molar-refractivity contribution in [3.8, 4) is 11.5 Å². The van der Waals surface area contributed by atoms with Gasteiger partial charge in [-0.1, -0.05) is 41.9 Å². The molecule has 2 heterocycles. The summed E-state index contributed by atoms with van der Waals surface area (Å²) < 4.78 is 11.2. The Morgan fingerprint density at radius 3 is 2.49 bits per heavy atom. The van der Waals surface area contributed by atoms with Crippen molar-refractivity contribution in [2.24, 2.45) is 0 Å². The van der Waals surface area contributed by atoms with Gasteiger partial charge in [0.2, 0.25) is 17.7 Å². The predicted molar refractivity (Wildman–Crippen MR) is 132 cm³/mol. The maximum absolute atomic E-state index is 13.2. The summed E-state index contributed by atoms with van der Waals surface area (Å²) in [6.07, 6.45) is 0.870. The highest BCUT2D eigenvalue weighted by atomic mass is 35.5. The first-order valence-electron chi connectivity index (χ1n) is 11.9. The second-order valence-corrected chi connectivity index (χ2v) is 9.10. The number of nitrogens with one attached hydrogen (secondary N) is 1. The van der Waals surface area contributed by atoms with Gasteiger partial charge in [0.15, 0.2) is 11.5 Å². The van der Waals surface area contributed by atoms with Gasteiger partial charge in [-0.05, 0) is 23.6 Å². The monoisotopic (exact) mass is 499 g/mol. The number of fused-ring (bicyclic) bond motifs is 1. The number of nitrogens with zero attached hydrogens (tertiary/aromatic N) is 2. The van der Waals surface area contributed by atoms with Crippen LogP contribution >= 0.6 is 11.6 Å². The van der Waals surface area contributed by atoms with Crippen LogP contribution in [0.5, 0.6) is 11.5 Å². The van der Waals surface area contributed by atoms with Crippen molar-refractivity contribution < 1.29 is 23.9 Å². The van der Waals surface area contributed by atoms with Crippen molar-refractivity contribution in [2.45, 2.75) is 32.2 Å². The van der Waals surface area contributed by atoms with E-state index in [2.05, 4.69) is 5.32 Å². The Hall–Kier alpha value is -3.26. The largest absolute Gasteiger partial charge is 0.486 e. The molecule has 186 valence electrons. The SMILES string of the molecule is CC(=O)N1CCCN(C(=O)Cc2cc3c(cc2Cl)OCCO3)CCNC(=O)CC1c1ccccc1. The first kappa shape index (κ1) is 24.9. The van der Waals surface area contributed by atoms with E-state index in [9.17, 15) is 14.4 Å². The highest BCUT2D eigenvalue weighted by Gasteiger charge is 2.27. The minimum Gasteiger partial charge on any atom is -0.486 e. The van der Waals surface area contributed by atoms with Gasteiger partial charge >= 0.3 is 0 Å². The summed E-state index contributed by atoms with van der Waals surface area (Å²) in [6, 6.07) is 12.7. The Bertz CT molecular complexity index is 1080. The average Bonchev–Trinajstić information content (AvgIpc) is 2.88. The van der Waals surface area contributed by atoms with Gasteiger partial charge in [-0.3, -0.25) is 14.4 Å². The fraction of sp³-hybridized carbons (Fsp3) is 0.423. The lowest BCUT2D eigenvalue weighted by atomic mass is 10.0. The van der Waals surface area contributed by atoms with E-state index in [4.69, 9.17) is 21.1 Å². The molecular weight excluding hydrogens is 470 g/mol. The van der Waals surface area contributed by atoms with Crippen LogP contribution in [-0.2, 0) is 20.8 Å². The van der Waals surface area contributed by atoms with Gasteiger partial charge in [0.05, 0.1) is 18.9 Å². The topological polar surface area (TPSA) is 88.2 Å². The Labute approximate surface area is 210 Å². The van der Waals surface area contributed by atoms with Crippen molar-refractivity contribution >= 4 is 29.3 Å². The second-order valence-electron chi connectivity index (χ2n) is 8.69. The fourth-order valence-corrected chi connectivity index (χ4v) is 4.72. The third kappa shape index (κ3) is 6.25. The van der Waals surface area contributed by atoms with Crippen molar-refractivity contribution in [2.75, 3.05) is 39.4 Å². The van der Waals surface area contributed by atoms with E-state index in [-0.39, 0.29) is 36.6 Å². The first-order chi connectivity index (χ1) is 16.9. The van der Waals surface area contributed by atoms with Crippen molar-refractivity contribution in [1.82, 2.24) is 15.1 Å². The summed E-state index contributed by atoms with van der Waals surface area (Å²) in [5.74, 6) is 0.789. The molecule has 3 amide bonds. The lowest BCUT2D eigenvalue weighted by molar-refractivity contribution is -0.132. The molecule has 2 aliphatic rings. The average molecular weight is 500 g/mol. The zero-order valence-corrected chi connectivity index (χ0v) is 20.6. The van der Waals surface area contributed by atoms with E-state index in [1.165, 1.54) is 6.92 Å². The quantitative estimate of drug-likeness (QED) is 0.701. The standard InChI is InChI=1S/C26H30ClN3O5/c1-18(31)30-10-5-9-29(11-8-28-25(32)17-22(30)19-6-3-2-4-7-19)26(33)15-20-14-23-24(16-21(20)27)35-13-12-34-23/h2-4,6-7,14,16,22H,5,8-13,15,17H2,1H3,(H,28,32). The molecule has 2 aromatic rings. The molecular formula is C26H30ClN3O5. The van der Waals surface area contributed by atoms with Crippen LogP contribution in [0.3, 0.4) is 0 Å². The molecule has 4 rings (SSSR count). The Morgan fingerprint density at radius 2 is 1.77 bits per heavy atom. The molecule has 1 fully saturated rings. The van der Waals surface area contributed by atoms with Crippen molar-refractivity contribution in [1.29, 1.82) is 0 Å². The van der Waals surface area contributed by atoms with Crippen LogP contribution in [0.4, 0.5) is 0 Å². The Morgan fingerprint density at radius 1 is 1.06 bits per heavy atom. The molecule has 8 nitrogen and oxygen atoms in total. The minimum absolute atomic E-state index is 0.104. The Balaban J connectivity index is 1.48. The Kier molecular flexibility index (Phi) is 8.13. The summed E-state index contributed by atoms with van der Waals surface area (Å²) >= 11 is 6.41. The highest BCUT2D eigenvalue weighted by Crippen LogP contribution is 2.35. The maximum Gasteiger partial charge on any atom is 0.227 e. The zero-order chi connectivity index (χ0) is 24.8. The number of halogens is 1. The summed E-state index contributed by atoms with van der Waals surface area (Å²) in [5.41, 5.74) is 1.58.